The molecule has 0 aliphatic heterocycles. The maximum Gasteiger partial charge on any atom is 0.224 e. The summed E-state index contributed by atoms with van der Waals surface area (Å²) in [7, 11) is 0. The SMILES string of the molecule is CCCN(CCNC(=O)Cc1ccc(Cl)cc1)C(C)=O. The summed E-state index contributed by atoms with van der Waals surface area (Å²) < 4.78 is 0. The second kappa shape index (κ2) is 8.59. The van der Waals surface area contributed by atoms with E-state index in [1.165, 1.54) is 0 Å². The van der Waals surface area contributed by atoms with Crippen molar-refractivity contribution in [3.63, 3.8) is 0 Å². The number of hydrogen-bond donors (Lipinski definition) is 1. The second-order valence-electron chi connectivity index (χ2n) is 4.66. The van der Waals surface area contributed by atoms with Crippen LogP contribution in [0.4, 0.5) is 0 Å². The lowest BCUT2D eigenvalue weighted by atomic mass is 10.1. The highest BCUT2D eigenvalue weighted by Crippen LogP contribution is 2.09. The number of carbonyl (C=O) groups is 2. The number of nitrogens with zero attached hydrogens (tertiary/aromatic N) is 1. The smallest absolute Gasteiger partial charge is 0.224 e. The Hall–Kier alpha value is -1.55. The van der Waals surface area contributed by atoms with Gasteiger partial charge in [-0.05, 0) is 24.1 Å². The molecule has 0 aliphatic rings. The summed E-state index contributed by atoms with van der Waals surface area (Å²) in [5.41, 5.74) is 0.920. The maximum absolute atomic E-state index is 11.8. The van der Waals surface area contributed by atoms with Crippen LogP contribution in [0.2, 0.25) is 5.02 Å². The topological polar surface area (TPSA) is 49.4 Å². The number of rotatable bonds is 7. The molecular formula is C15H21ClN2O2. The molecule has 20 heavy (non-hydrogen) atoms. The van der Waals surface area contributed by atoms with E-state index in [2.05, 4.69) is 5.32 Å². The molecule has 0 heterocycles. The molecule has 110 valence electrons. The lowest BCUT2D eigenvalue weighted by Crippen LogP contribution is -2.38. The van der Waals surface area contributed by atoms with Crippen molar-refractivity contribution in [3.05, 3.63) is 34.9 Å². The highest BCUT2D eigenvalue weighted by Gasteiger charge is 2.08. The van der Waals surface area contributed by atoms with Gasteiger partial charge in [-0.1, -0.05) is 30.7 Å². The van der Waals surface area contributed by atoms with Gasteiger partial charge in [-0.25, -0.2) is 0 Å². The van der Waals surface area contributed by atoms with Crippen LogP contribution >= 0.6 is 11.6 Å². The third kappa shape index (κ3) is 6.06. The molecular weight excluding hydrogens is 276 g/mol. The average Bonchev–Trinajstić information content (AvgIpc) is 2.40. The Labute approximate surface area is 125 Å². The van der Waals surface area contributed by atoms with Gasteiger partial charge in [0.1, 0.15) is 0 Å². The monoisotopic (exact) mass is 296 g/mol. The zero-order valence-corrected chi connectivity index (χ0v) is 12.7. The van der Waals surface area contributed by atoms with Gasteiger partial charge in [0.05, 0.1) is 6.42 Å². The highest BCUT2D eigenvalue weighted by atomic mass is 35.5. The van der Waals surface area contributed by atoms with Gasteiger partial charge in [-0.3, -0.25) is 9.59 Å². The van der Waals surface area contributed by atoms with Crippen LogP contribution in [0.25, 0.3) is 0 Å². The fraction of sp³-hybridized carbons (Fsp3) is 0.467. The Kier molecular flexibility index (Phi) is 7.09. The van der Waals surface area contributed by atoms with Crippen LogP contribution in [0.1, 0.15) is 25.8 Å². The molecule has 1 aromatic rings. The Morgan fingerprint density at radius 2 is 1.85 bits per heavy atom. The number of hydrogen-bond acceptors (Lipinski definition) is 2. The molecule has 0 saturated heterocycles. The Bertz CT molecular complexity index is 446. The maximum atomic E-state index is 11.8. The van der Waals surface area contributed by atoms with E-state index in [-0.39, 0.29) is 11.8 Å². The molecule has 2 amide bonds. The lowest BCUT2D eigenvalue weighted by Gasteiger charge is -2.20. The molecule has 0 unspecified atom stereocenters. The Morgan fingerprint density at radius 1 is 1.20 bits per heavy atom. The summed E-state index contributed by atoms with van der Waals surface area (Å²) in [6.07, 6.45) is 1.24. The normalized spacial score (nSPS) is 10.2. The van der Waals surface area contributed by atoms with Crippen LogP contribution < -0.4 is 5.32 Å². The third-order valence-corrected chi connectivity index (χ3v) is 3.17. The molecule has 4 nitrogen and oxygen atoms in total. The molecule has 0 fully saturated rings. The molecule has 0 radical (unpaired) electrons. The van der Waals surface area contributed by atoms with E-state index < -0.39 is 0 Å². The quantitative estimate of drug-likeness (QED) is 0.839. The van der Waals surface area contributed by atoms with Crippen molar-refractivity contribution in [2.45, 2.75) is 26.7 Å². The largest absolute Gasteiger partial charge is 0.354 e. The fourth-order valence-electron chi connectivity index (χ4n) is 1.88. The minimum atomic E-state index is -0.0488. The number of amides is 2. The minimum Gasteiger partial charge on any atom is -0.354 e. The molecule has 5 heteroatoms. The first kappa shape index (κ1) is 16.5. The molecule has 0 aromatic heterocycles. The van der Waals surface area contributed by atoms with Crippen LogP contribution in [0, 0.1) is 0 Å². The van der Waals surface area contributed by atoms with Crippen molar-refractivity contribution in [1.29, 1.82) is 0 Å². The van der Waals surface area contributed by atoms with Gasteiger partial charge in [-0.2, -0.15) is 0 Å². The van der Waals surface area contributed by atoms with Gasteiger partial charge >= 0.3 is 0 Å². The van der Waals surface area contributed by atoms with Crippen LogP contribution in [-0.2, 0) is 16.0 Å². The summed E-state index contributed by atoms with van der Waals surface area (Å²) in [6, 6.07) is 7.20. The van der Waals surface area contributed by atoms with Gasteiger partial charge in [0, 0.05) is 31.6 Å². The molecule has 0 aliphatic carbocycles. The van der Waals surface area contributed by atoms with Gasteiger partial charge in [-0.15, -0.1) is 0 Å². The van der Waals surface area contributed by atoms with E-state index in [1.54, 1.807) is 24.0 Å². The highest BCUT2D eigenvalue weighted by molar-refractivity contribution is 6.30. The van der Waals surface area contributed by atoms with E-state index in [9.17, 15) is 9.59 Å². The molecule has 0 saturated carbocycles. The van der Waals surface area contributed by atoms with Crippen molar-refractivity contribution in [2.24, 2.45) is 0 Å². The summed E-state index contributed by atoms with van der Waals surface area (Å²) >= 11 is 5.79. The zero-order chi connectivity index (χ0) is 15.0. The van der Waals surface area contributed by atoms with E-state index in [1.807, 2.05) is 19.1 Å². The first-order valence-electron chi connectivity index (χ1n) is 6.79. The molecule has 0 spiro atoms. The van der Waals surface area contributed by atoms with Gasteiger partial charge < -0.3 is 10.2 Å². The molecule has 0 atom stereocenters. The molecule has 0 bridgehead atoms. The van der Waals surface area contributed by atoms with Gasteiger partial charge in [0.15, 0.2) is 0 Å². The predicted molar refractivity (Wildman–Crippen MR) is 80.7 cm³/mol. The summed E-state index contributed by atoms with van der Waals surface area (Å²) in [4.78, 5) is 24.8. The predicted octanol–water partition coefficient (Wildman–Crippen LogP) is 2.26. The number of benzene rings is 1. The first-order chi connectivity index (χ1) is 9.52. The van der Waals surface area contributed by atoms with E-state index >= 15 is 0 Å². The summed E-state index contributed by atoms with van der Waals surface area (Å²) in [5.74, 6) is -0.00822. The van der Waals surface area contributed by atoms with Crippen molar-refractivity contribution in [3.8, 4) is 0 Å². The number of carbonyl (C=O) groups excluding carboxylic acids is 2. The van der Waals surface area contributed by atoms with Gasteiger partial charge in [0.2, 0.25) is 11.8 Å². The Morgan fingerprint density at radius 3 is 2.40 bits per heavy atom. The Balaban J connectivity index is 2.32. The zero-order valence-electron chi connectivity index (χ0n) is 12.0. The van der Waals surface area contributed by atoms with Crippen molar-refractivity contribution in [2.75, 3.05) is 19.6 Å². The van der Waals surface area contributed by atoms with E-state index in [0.717, 1.165) is 18.5 Å². The third-order valence-electron chi connectivity index (χ3n) is 2.92. The van der Waals surface area contributed by atoms with Crippen molar-refractivity contribution < 1.29 is 9.59 Å². The van der Waals surface area contributed by atoms with Crippen LogP contribution in [0.3, 0.4) is 0 Å². The van der Waals surface area contributed by atoms with Crippen LogP contribution in [0.15, 0.2) is 24.3 Å². The second-order valence-corrected chi connectivity index (χ2v) is 5.10. The summed E-state index contributed by atoms with van der Waals surface area (Å²) in [6.45, 7) is 5.32. The fourth-order valence-corrected chi connectivity index (χ4v) is 2.00. The summed E-state index contributed by atoms with van der Waals surface area (Å²) in [5, 5.41) is 3.48. The lowest BCUT2D eigenvalue weighted by molar-refractivity contribution is -0.129. The van der Waals surface area contributed by atoms with Crippen molar-refractivity contribution >= 4 is 23.4 Å². The van der Waals surface area contributed by atoms with Crippen LogP contribution in [-0.4, -0.2) is 36.3 Å². The van der Waals surface area contributed by atoms with E-state index in [0.29, 0.717) is 24.5 Å². The van der Waals surface area contributed by atoms with E-state index in [4.69, 9.17) is 11.6 Å². The average molecular weight is 297 g/mol. The molecule has 1 rings (SSSR count). The number of halogens is 1. The number of nitrogens with one attached hydrogen (secondary N) is 1. The van der Waals surface area contributed by atoms with Crippen LogP contribution in [0.5, 0.6) is 0 Å². The molecule has 1 aromatic carbocycles. The minimum absolute atomic E-state index is 0.0406. The first-order valence-corrected chi connectivity index (χ1v) is 7.17. The van der Waals surface area contributed by atoms with Gasteiger partial charge in [0.25, 0.3) is 0 Å². The van der Waals surface area contributed by atoms with Crippen molar-refractivity contribution in [1.82, 2.24) is 10.2 Å². The molecule has 1 N–H and O–H groups in total. The standard InChI is InChI=1S/C15H21ClN2O2/c1-3-9-18(12(2)19)10-8-17-15(20)11-13-4-6-14(16)7-5-13/h4-7H,3,8-11H2,1-2H3,(H,17,20).